The van der Waals surface area contributed by atoms with Crippen LogP contribution in [0.3, 0.4) is 0 Å². The molecule has 0 aromatic carbocycles. The highest BCUT2D eigenvalue weighted by Gasteiger charge is 2.27. The van der Waals surface area contributed by atoms with Crippen LogP contribution in [0.1, 0.15) is 0 Å². The molecule has 0 unspecified atom stereocenters. The molecule has 0 fully saturated rings. The van der Waals surface area contributed by atoms with Crippen molar-refractivity contribution in [3.63, 3.8) is 0 Å². The highest BCUT2D eigenvalue weighted by molar-refractivity contribution is 6.08. The number of urea groups is 1. The molecule has 92 valence electrons. The Hall–Kier alpha value is -2.43. The lowest BCUT2D eigenvalue weighted by Gasteiger charge is -2.24. The minimum absolute atomic E-state index is 0.169. The molecule has 4 amide bonds. The van der Waals surface area contributed by atoms with Crippen molar-refractivity contribution in [2.45, 2.75) is 0 Å². The lowest BCUT2D eigenvalue weighted by Crippen LogP contribution is -2.47. The van der Waals surface area contributed by atoms with Gasteiger partial charge in [-0.2, -0.15) is 0 Å². The van der Waals surface area contributed by atoms with E-state index in [9.17, 15) is 14.4 Å². The Balaban J connectivity index is 2.19. The van der Waals surface area contributed by atoms with Gasteiger partial charge in [-0.25, -0.2) is 4.79 Å². The van der Waals surface area contributed by atoms with Crippen LogP contribution in [0.25, 0.3) is 0 Å². The summed E-state index contributed by atoms with van der Waals surface area (Å²) in [6.07, 6.45) is 12.5. The standard InChI is InChI=1S/C13H12N2O3/c16-11-7-3-1-5-9-14(11)13(18)15-10-6-2-4-8-12(15)17/h1-8H,9-10H2. The molecule has 0 saturated heterocycles. The summed E-state index contributed by atoms with van der Waals surface area (Å²) in [5, 5.41) is 0. The van der Waals surface area contributed by atoms with E-state index in [2.05, 4.69) is 0 Å². The summed E-state index contributed by atoms with van der Waals surface area (Å²) in [6.45, 7) is 0.337. The largest absolute Gasteiger partial charge is 0.334 e. The molecule has 0 spiro atoms. The number of hydrogen-bond acceptors (Lipinski definition) is 3. The van der Waals surface area contributed by atoms with Crippen molar-refractivity contribution in [2.75, 3.05) is 13.1 Å². The molecule has 0 N–H and O–H groups in total. The molecule has 0 radical (unpaired) electrons. The predicted molar refractivity (Wildman–Crippen MR) is 65.4 cm³/mol. The van der Waals surface area contributed by atoms with Crippen molar-refractivity contribution in [3.8, 4) is 0 Å². The molecule has 0 aromatic rings. The second kappa shape index (κ2) is 5.27. The normalized spacial score (nSPS) is 19.1. The Kier molecular flexibility index (Phi) is 3.52. The van der Waals surface area contributed by atoms with E-state index in [4.69, 9.17) is 0 Å². The van der Waals surface area contributed by atoms with Gasteiger partial charge in [0.2, 0.25) is 0 Å². The lowest BCUT2D eigenvalue weighted by molar-refractivity contribution is -0.126. The van der Waals surface area contributed by atoms with E-state index in [-0.39, 0.29) is 13.1 Å². The van der Waals surface area contributed by atoms with Crippen molar-refractivity contribution in [1.29, 1.82) is 0 Å². The SMILES string of the molecule is O=C1C=CC=CCN1C(=O)N1CC=CC=CC1=O. The van der Waals surface area contributed by atoms with E-state index in [1.807, 2.05) is 0 Å². The maximum atomic E-state index is 12.2. The van der Waals surface area contributed by atoms with Gasteiger partial charge in [0, 0.05) is 25.2 Å². The first-order valence-electron chi connectivity index (χ1n) is 5.53. The first kappa shape index (κ1) is 12.0. The molecule has 0 atom stereocenters. The van der Waals surface area contributed by atoms with Crippen molar-refractivity contribution in [3.05, 3.63) is 48.6 Å². The Bertz CT molecular complexity index is 456. The van der Waals surface area contributed by atoms with Gasteiger partial charge in [0.15, 0.2) is 0 Å². The van der Waals surface area contributed by atoms with Crippen LogP contribution in [0.15, 0.2) is 48.6 Å². The summed E-state index contributed by atoms with van der Waals surface area (Å²) in [4.78, 5) is 37.6. The number of carbonyl (C=O) groups excluding carboxylic acids is 3. The highest BCUT2D eigenvalue weighted by Crippen LogP contribution is 2.07. The topological polar surface area (TPSA) is 57.7 Å². The molecule has 5 heteroatoms. The van der Waals surface area contributed by atoms with E-state index < -0.39 is 17.8 Å². The average molecular weight is 244 g/mol. The number of hydrogen-bond donors (Lipinski definition) is 0. The maximum absolute atomic E-state index is 12.2. The third-order valence-corrected chi connectivity index (χ3v) is 2.54. The van der Waals surface area contributed by atoms with Crippen LogP contribution in [-0.4, -0.2) is 40.7 Å². The fourth-order valence-electron chi connectivity index (χ4n) is 1.62. The average Bonchev–Trinajstić information content (AvgIpc) is 2.69. The van der Waals surface area contributed by atoms with Gasteiger partial charge >= 0.3 is 6.03 Å². The molecule has 0 saturated carbocycles. The maximum Gasteiger partial charge on any atom is 0.334 e. The van der Waals surface area contributed by atoms with Crippen molar-refractivity contribution < 1.29 is 14.4 Å². The molecule has 5 nitrogen and oxygen atoms in total. The lowest BCUT2D eigenvalue weighted by atomic mass is 10.4. The molecular weight excluding hydrogens is 232 g/mol. The first-order chi connectivity index (χ1) is 8.70. The monoisotopic (exact) mass is 244 g/mol. The van der Waals surface area contributed by atoms with E-state index in [0.29, 0.717) is 0 Å². The van der Waals surface area contributed by atoms with E-state index in [1.165, 1.54) is 12.2 Å². The summed E-state index contributed by atoms with van der Waals surface area (Å²) in [5.41, 5.74) is 0. The van der Waals surface area contributed by atoms with Crippen LogP contribution < -0.4 is 0 Å². The molecular formula is C13H12N2O3. The van der Waals surface area contributed by atoms with Gasteiger partial charge < -0.3 is 0 Å². The Morgan fingerprint density at radius 3 is 1.72 bits per heavy atom. The molecule has 0 aliphatic carbocycles. The smallest absolute Gasteiger partial charge is 0.269 e. The fraction of sp³-hybridized carbons (Fsp3) is 0.154. The van der Waals surface area contributed by atoms with E-state index >= 15 is 0 Å². The third-order valence-electron chi connectivity index (χ3n) is 2.54. The zero-order valence-electron chi connectivity index (χ0n) is 9.65. The van der Waals surface area contributed by atoms with Crippen LogP contribution in [0.4, 0.5) is 4.79 Å². The fourth-order valence-corrected chi connectivity index (χ4v) is 1.62. The molecule has 2 heterocycles. The third kappa shape index (κ3) is 2.45. The second-order valence-corrected chi connectivity index (χ2v) is 3.75. The van der Waals surface area contributed by atoms with Crippen LogP contribution >= 0.6 is 0 Å². The molecule has 2 aliphatic rings. The van der Waals surface area contributed by atoms with Gasteiger partial charge in [0.25, 0.3) is 11.8 Å². The zero-order valence-corrected chi connectivity index (χ0v) is 9.65. The van der Waals surface area contributed by atoms with Gasteiger partial charge in [-0.3, -0.25) is 19.4 Å². The highest BCUT2D eigenvalue weighted by atomic mass is 16.2. The Morgan fingerprint density at radius 1 is 0.833 bits per heavy atom. The first-order valence-corrected chi connectivity index (χ1v) is 5.53. The van der Waals surface area contributed by atoms with Crippen molar-refractivity contribution in [1.82, 2.24) is 9.80 Å². The molecule has 0 bridgehead atoms. The zero-order chi connectivity index (χ0) is 13.0. The number of carbonyl (C=O) groups is 3. The molecule has 2 aliphatic heterocycles. The van der Waals surface area contributed by atoms with Gasteiger partial charge in [-0.1, -0.05) is 36.5 Å². The van der Waals surface area contributed by atoms with Crippen LogP contribution in [-0.2, 0) is 9.59 Å². The Morgan fingerprint density at radius 2 is 1.28 bits per heavy atom. The Labute approximate surface area is 104 Å². The summed E-state index contributed by atoms with van der Waals surface area (Å²) in [5.74, 6) is -0.843. The van der Waals surface area contributed by atoms with Crippen molar-refractivity contribution in [2.24, 2.45) is 0 Å². The summed E-state index contributed by atoms with van der Waals surface area (Å²) >= 11 is 0. The summed E-state index contributed by atoms with van der Waals surface area (Å²) < 4.78 is 0. The number of rotatable bonds is 0. The van der Waals surface area contributed by atoms with Gasteiger partial charge in [0.1, 0.15) is 0 Å². The number of imide groups is 2. The minimum atomic E-state index is -0.600. The summed E-state index contributed by atoms with van der Waals surface area (Å²) in [7, 11) is 0. The van der Waals surface area contributed by atoms with E-state index in [0.717, 1.165) is 9.80 Å². The van der Waals surface area contributed by atoms with Crippen molar-refractivity contribution >= 4 is 17.8 Å². The van der Waals surface area contributed by atoms with Crippen LogP contribution in [0.5, 0.6) is 0 Å². The quantitative estimate of drug-likeness (QED) is 0.639. The minimum Gasteiger partial charge on any atom is -0.269 e. The van der Waals surface area contributed by atoms with Crippen LogP contribution in [0.2, 0.25) is 0 Å². The number of allylic oxidation sites excluding steroid dienone is 4. The predicted octanol–water partition coefficient (Wildman–Crippen LogP) is 1.02. The van der Waals surface area contributed by atoms with Crippen LogP contribution in [0, 0.1) is 0 Å². The van der Waals surface area contributed by atoms with Gasteiger partial charge in [-0.15, -0.1) is 0 Å². The molecule has 0 aromatic heterocycles. The van der Waals surface area contributed by atoms with E-state index in [1.54, 1.807) is 36.5 Å². The molecule has 2 rings (SSSR count). The van der Waals surface area contributed by atoms with Gasteiger partial charge in [-0.05, 0) is 0 Å². The second-order valence-electron chi connectivity index (χ2n) is 3.75. The summed E-state index contributed by atoms with van der Waals surface area (Å²) in [6, 6.07) is -0.600. The number of amides is 4. The number of nitrogens with zero attached hydrogens (tertiary/aromatic N) is 2. The molecule has 18 heavy (non-hydrogen) atoms. The van der Waals surface area contributed by atoms with Gasteiger partial charge in [0.05, 0.1) is 0 Å².